The van der Waals surface area contributed by atoms with E-state index in [2.05, 4.69) is 46.3 Å². The number of esters is 1. The van der Waals surface area contributed by atoms with Gasteiger partial charge in [-0.3, -0.25) is 4.79 Å². The third-order valence-corrected chi connectivity index (χ3v) is 6.68. The number of likely N-dealkylation sites (tertiary alicyclic amines) is 1. The maximum atomic E-state index is 12.3. The van der Waals surface area contributed by atoms with Crippen LogP contribution >= 0.6 is 0 Å². The number of rotatable bonds is 12. The fourth-order valence-electron chi connectivity index (χ4n) is 4.44. The standard InChI is InChI=1S/C27H41N5O2/c1-4-5-6-14-29-26-24(20(2)30-27(28)31-26)18-22-7-9-23(10-8-22)19-25(33)34-17-13-21-11-15-32(3)16-12-21/h7-10,21H,4-6,11-19H2,1-3H3,(H3,28,29,30,31). The Morgan fingerprint density at radius 2 is 1.85 bits per heavy atom. The van der Waals surface area contributed by atoms with Crippen molar-refractivity contribution >= 4 is 17.7 Å². The number of hydrogen-bond acceptors (Lipinski definition) is 7. The minimum atomic E-state index is -0.151. The van der Waals surface area contributed by atoms with Crippen molar-refractivity contribution in [2.75, 3.05) is 44.3 Å². The number of benzene rings is 1. The van der Waals surface area contributed by atoms with Gasteiger partial charge in [0.2, 0.25) is 5.95 Å². The SMILES string of the molecule is CCCCCNc1nc(N)nc(C)c1Cc1ccc(CC(=O)OCCC2CCN(C)CC2)cc1. The number of carbonyl (C=O) groups is 1. The maximum Gasteiger partial charge on any atom is 0.310 e. The van der Waals surface area contributed by atoms with Crippen molar-refractivity contribution in [3.63, 3.8) is 0 Å². The summed E-state index contributed by atoms with van der Waals surface area (Å²) in [5.41, 5.74) is 9.96. The lowest BCUT2D eigenvalue weighted by Crippen LogP contribution is -2.30. The molecule has 186 valence electrons. The summed E-state index contributed by atoms with van der Waals surface area (Å²) in [6, 6.07) is 8.15. The smallest absolute Gasteiger partial charge is 0.310 e. The van der Waals surface area contributed by atoms with Gasteiger partial charge in [0.15, 0.2) is 0 Å². The van der Waals surface area contributed by atoms with Crippen molar-refractivity contribution in [3.8, 4) is 0 Å². The van der Waals surface area contributed by atoms with E-state index in [0.717, 1.165) is 60.7 Å². The lowest BCUT2D eigenvalue weighted by Gasteiger charge is -2.28. The molecule has 0 aliphatic carbocycles. The summed E-state index contributed by atoms with van der Waals surface area (Å²) in [4.78, 5) is 23.4. The highest BCUT2D eigenvalue weighted by atomic mass is 16.5. The molecular weight excluding hydrogens is 426 g/mol. The lowest BCUT2D eigenvalue weighted by molar-refractivity contribution is -0.143. The zero-order valence-electron chi connectivity index (χ0n) is 21.1. The first-order chi connectivity index (χ1) is 16.4. The van der Waals surface area contributed by atoms with E-state index in [9.17, 15) is 4.79 Å². The molecule has 3 rings (SSSR count). The van der Waals surface area contributed by atoms with Gasteiger partial charge in [-0.15, -0.1) is 0 Å². The number of ether oxygens (including phenoxy) is 1. The average molecular weight is 468 g/mol. The van der Waals surface area contributed by atoms with Crippen LogP contribution in [0.3, 0.4) is 0 Å². The molecule has 34 heavy (non-hydrogen) atoms. The molecule has 0 radical (unpaired) electrons. The molecule has 0 saturated carbocycles. The summed E-state index contributed by atoms with van der Waals surface area (Å²) < 4.78 is 5.51. The molecule has 0 spiro atoms. The second kappa shape index (κ2) is 13.3. The molecule has 0 bridgehead atoms. The van der Waals surface area contributed by atoms with E-state index in [1.165, 1.54) is 25.7 Å². The quantitative estimate of drug-likeness (QED) is 0.353. The molecule has 2 heterocycles. The van der Waals surface area contributed by atoms with E-state index >= 15 is 0 Å². The molecular formula is C27H41N5O2. The molecule has 0 unspecified atom stereocenters. The second-order valence-corrected chi connectivity index (χ2v) is 9.55. The second-order valence-electron chi connectivity index (χ2n) is 9.55. The first kappa shape index (κ1) is 25.9. The number of piperidine rings is 1. The highest BCUT2D eigenvalue weighted by Gasteiger charge is 2.17. The Bertz CT molecular complexity index is 908. The molecule has 1 saturated heterocycles. The summed E-state index contributed by atoms with van der Waals surface area (Å²) in [5.74, 6) is 1.64. The Morgan fingerprint density at radius 1 is 1.15 bits per heavy atom. The van der Waals surface area contributed by atoms with Gasteiger partial charge in [0.1, 0.15) is 5.82 Å². The van der Waals surface area contributed by atoms with Gasteiger partial charge < -0.3 is 20.7 Å². The van der Waals surface area contributed by atoms with Gasteiger partial charge in [-0.1, -0.05) is 44.0 Å². The zero-order chi connectivity index (χ0) is 24.3. The topological polar surface area (TPSA) is 93.4 Å². The van der Waals surface area contributed by atoms with E-state index in [4.69, 9.17) is 10.5 Å². The number of aryl methyl sites for hydroxylation is 1. The van der Waals surface area contributed by atoms with Gasteiger partial charge in [-0.05, 0) is 69.8 Å². The number of aromatic nitrogens is 2. The monoisotopic (exact) mass is 467 g/mol. The third kappa shape index (κ3) is 8.28. The van der Waals surface area contributed by atoms with Crippen LogP contribution in [-0.2, 0) is 22.4 Å². The molecule has 1 aliphatic rings. The summed E-state index contributed by atoms with van der Waals surface area (Å²) >= 11 is 0. The molecule has 1 aliphatic heterocycles. The van der Waals surface area contributed by atoms with Crippen LogP contribution in [-0.4, -0.2) is 54.1 Å². The molecule has 7 heteroatoms. The largest absolute Gasteiger partial charge is 0.465 e. The number of anilines is 2. The fourth-order valence-corrected chi connectivity index (χ4v) is 4.44. The Morgan fingerprint density at radius 3 is 2.56 bits per heavy atom. The van der Waals surface area contributed by atoms with E-state index in [1.807, 2.05) is 19.1 Å². The van der Waals surface area contributed by atoms with Crippen LogP contribution in [0.2, 0.25) is 0 Å². The van der Waals surface area contributed by atoms with E-state index < -0.39 is 0 Å². The van der Waals surface area contributed by atoms with E-state index in [1.54, 1.807) is 0 Å². The minimum Gasteiger partial charge on any atom is -0.465 e. The molecule has 2 aromatic rings. The van der Waals surface area contributed by atoms with Crippen molar-refractivity contribution in [3.05, 3.63) is 46.6 Å². The Balaban J connectivity index is 1.50. The minimum absolute atomic E-state index is 0.151. The number of nitrogens with two attached hydrogens (primary N) is 1. The van der Waals surface area contributed by atoms with Crippen molar-refractivity contribution in [1.29, 1.82) is 0 Å². The van der Waals surface area contributed by atoms with Crippen LogP contribution in [0.4, 0.5) is 11.8 Å². The number of carbonyl (C=O) groups excluding carboxylic acids is 1. The van der Waals surface area contributed by atoms with E-state index in [0.29, 0.717) is 31.3 Å². The first-order valence-electron chi connectivity index (χ1n) is 12.7. The third-order valence-electron chi connectivity index (χ3n) is 6.68. The first-order valence-corrected chi connectivity index (χ1v) is 12.7. The zero-order valence-corrected chi connectivity index (χ0v) is 21.1. The van der Waals surface area contributed by atoms with Gasteiger partial charge in [-0.2, -0.15) is 4.98 Å². The number of nitrogen functional groups attached to an aromatic ring is 1. The summed E-state index contributed by atoms with van der Waals surface area (Å²) in [7, 11) is 2.16. The van der Waals surface area contributed by atoms with Crippen LogP contribution < -0.4 is 11.1 Å². The van der Waals surface area contributed by atoms with Crippen LogP contribution in [0.5, 0.6) is 0 Å². The number of nitrogens with zero attached hydrogens (tertiary/aromatic N) is 3. The van der Waals surface area contributed by atoms with Crippen LogP contribution in [0.15, 0.2) is 24.3 Å². The summed E-state index contributed by atoms with van der Waals surface area (Å²) in [6.07, 6.45) is 7.85. The normalized spacial score (nSPS) is 14.8. The van der Waals surface area contributed by atoms with Gasteiger partial charge in [0, 0.05) is 24.2 Å². The van der Waals surface area contributed by atoms with Gasteiger partial charge >= 0.3 is 5.97 Å². The molecule has 0 amide bonds. The van der Waals surface area contributed by atoms with Crippen LogP contribution in [0, 0.1) is 12.8 Å². The molecule has 0 atom stereocenters. The van der Waals surface area contributed by atoms with Crippen molar-refractivity contribution in [1.82, 2.24) is 14.9 Å². The highest BCUT2D eigenvalue weighted by Crippen LogP contribution is 2.22. The van der Waals surface area contributed by atoms with Gasteiger partial charge in [-0.25, -0.2) is 4.98 Å². The fraction of sp³-hybridized carbons (Fsp3) is 0.593. The molecule has 1 aromatic carbocycles. The Hall–Kier alpha value is -2.67. The number of hydrogen-bond donors (Lipinski definition) is 2. The molecule has 7 nitrogen and oxygen atoms in total. The maximum absolute atomic E-state index is 12.3. The predicted octanol–water partition coefficient (Wildman–Crippen LogP) is 4.38. The Labute approximate surface area is 204 Å². The van der Waals surface area contributed by atoms with Crippen molar-refractivity contribution < 1.29 is 9.53 Å². The Kier molecular flexibility index (Phi) is 10.1. The average Bonchev–Trinajstić information content (AvgIpc) is 2.81. The van der Waals surface area contributed by atoms with Crippen molar-refractivity contribution in [2.24, 2.45) is 5.92 Å². The summed E-state index contributed by atoms with van der Waals surface area (Å²) in [5, 5.41) is 3.44. The number of nitrogens with one attached hydrogen (secondary N) is 1. The van der Waals surface area contributed by atoms with Crippen molar-refractivity contribution in [2.45, 2.75) is 65.2 Å². The van der Waals surface area contributed by atoms with Crippen LogP contribution in [0.25, 0.3) is 0 Å². The number of unbranched alkanes of at least 4 members (excludes halogenated alkanes) is 2. The molecule has 1 fully saturated rings. The van der Waals surface area contributed by atoms with Gasteiger partial charge in [0.25, 0.3) is 0 Å². The molecule has 1 aromatic heterocycles. The molecule has 3 N–H and O–H groups in total. The predicted molar refractivity (Wildman–Crippen MR) is 138 cm³/mol. The van der Waals surface area contributed by atoms with Gasteiger partial charge in [0.05, 0.1) is 13.0 Å². The highest BCUT2D eigenvalue weighted by molar-refractivity contribution is 5.72. The van der Waals surface area contributed by atoms with Crippen LogP contribution in [0.1, 0.15) is 67.8 Å². The van der Waals surface area contributed by atoms with E-state index in [-0.39, 0.29) is 5.97 Å². The lowest BCUT2D eigenvalue weighted by atomic mass is 9.94. The summed E-state index contributed by atoms with van der Waals surface area (Å²) in [6.45, 7) is 7.84.